The lowest BCUT2D eigenvalue weighted by molar-refractivity contribution is 0.414. The number of nitrogens with one attached hydrogen (secondary N) is 1. The van der Waals surface area contributed by atoms with Crippen molar-refractivity contribution in [3.05, 3.63) is 54.0 Å². The molecular weight excluding hydrogens is 356 g/mol. The number of benzene rings is 1. The first-order valence-electron chi connectivity index (χ1n) is 7.88. The lowest BCUT2D eigenvalue weighted by Crippen LogP contribution is -2.26. The zero-order valence-electron chi connectivity index (χ0n) is 14.3. The Balaban J connectivity index is 1.63. The molecule has 0 aliphatic rings. The van der Waals surface area contributed by atoms with Gasteiger partial charge < -0.3 is 9.15 Å². The molecule has 0 amide bonds. The number of hydrogen-bond acceptors (Lipinski definition) is 7. The molecule has 3 aromatic rings. The number of ether oxygens (including phenoxy) is 1. The number of aromatic nitrogens is 3. The molecular formula is C17H18N4O4S. The van der Waals surface area contributed by atoms with E-state index < -0.39 is 10.0 Å². The summed E-state index contributed by atoms with van der Waals surface area (Å²) in [5, 5.41) is 7.84. The molecule has 0 unspecified atom stereocenters. The summed E-state index contributed by atoms with van der Waals surface area (Å²) in [7, 11) is -2.11. The highest BCUT2D eigenvalue weighted by atomic mass is 32.2. The van der Waals surface area contributed by atoms with Crippen LogP contribution in [-0.4, -0.2) is 37.3 Å². The molecule has 2 aromatic heterocycles. The van der Waals surface area contributed by atoms with E-state index in [1.165, 1.54) is 13.2 Å². The zero-order valence-corrected chi connectivity index (χ0v) is 15.2. The van der Waals surface area contributed by atoms with E-state index in [0.717, 1.165) is 0 Å². The molecule has 9 heteroatoms. The van der Waals surface area contributed by atoms with Crippen molar-refractivity contribution in [2.75, 3.05) is 13.7 Å². The van der Waals surface area contributed by atoms with E-state index in [-0.39, 0.29) is 17.9 Å². The van der Waals surface area contributed by atoms with Crippen LogP contribution in [0, 0.1) is 6.92 Å². The van der Waals surface area contributed by atoms with Crippen LogP contribution in [0.4, 0.5) is 0 Å². The molecule has 26 heavy (non-hydrogen) atoms. The van der Waals surface area contributed by atoms with Gasteiger partial charge in [-0.3, -0.25) is 4.98 Å². The molecule has 0 atom stereocenters. The number of nitrogens with zero attached hydrogens (tertiary/aromatic N) is 3. The topological polar surface area (TPSA) is 107 Å². The van der Waals surface area contributed by atoms with E-state index in [0.29, 0.717) is 28.8 Å². The van der Waals surface area contributed by atoms with Gasteiger partial charge in [-0.25, -0.2) is 13.1 Å². The molecule has 0 aliphatic heterocycles. The number of methoxy groups -OCH3 is 1. The first-order valence-corrected chi connectivity index (χ1v) is 9.36. The molecule has 0 saturated carbocycles. The Morgan fingerprint density at radius 1 is 1.19 bits per heavy atom. The number of aryl methyl sites for hydroxylation is 1. The number of pyridine rings is 1. The second-order valence-corrected chi connectivity index (χ2v) is 7.23. The minimum absolute atomic E-state index is 0.137. The zero-order chi connectivity index (χ0) is 18.6. The summed E-state index contributed by atoms with van der Waals surface area (Å²) in [6, 6.07) is 10.2. The molecule has 136 valence electrons. The summed E-state index contributed by atoms with van der Waals surface area (Å²) in [6.07, 6.45) is 1.90. The number of rotatable bonds is 7. The highest BCUT2D eigenvalue weighted by Gasteiger charge is 2.17. The van der Waals surface area contributed by atoms with Crippen LogP contribution in [0.15, 0.2) is 51.9 Å². The fraction of sp³-hybridized carbons (Fsp3) is 0.235. The van der Waals surface area contributed by atoms with E-state index in [2.05, 4.69) is 19.9 Å². The summed E-state index contributed by atoms with van der Waals surface area (Å²) in [5.74, 6) is 1.24. The maximum absolute atomic E-state index is 12.4. The van der Waals surface area contributed by atoms with Gasteiger partial charge in [0.15, 0.2) is 0 Å². The Hall–Kier alpha value is -2.78. The van der Waals surface area contributed by atoms with Gasteiger partial charge in [0, 0.05) is 19.2 Å². The molecule has 2 heterocycles. The van der Waals surface area contributed by atoms with E-state index in [4.69, 9.17) is 9.15 Å². The van der Waals surface area contributed by atoms with Gasteiger partial charge in [0.1, 0.15) is 11.4 Å². The fourth-order valence-corrected chi connectivity index (χ4v) is 3.62. The van der Waals surface area contributed by atoms with Crippen LogP contribution in [0.25, 0.3) is 11.6 Å². The standard InChI is InChI=1S/C17H18N4O4S/c1-12-11-13(24-2)6-7-15(12)26(22,23)19-10-8-16-20-21-17(25-16)14-5-3-4-9-18-14/h3-7,9,11,19H,8,10H2,1-2H3. The van der Waals surface area contributed by atoms with Gasteiger partial charge in [-0.05, 0) is 42.8 Å². The lowest BCUT2D eigenvalue weighted by atomic mass is 10.2. The van der Waals surface area contributed by atoms with Gasteiger partial charge in [0.05, 0.1) is 12.0 Å². The van der Waals surface area contributed by atoms with Gasteiger partial charge in [0.2, 0.25) is 15.9 Å². The van der Waals surface area contributed by atoms with Crippen molar-refractivity contribution in [1.29, 1.82) is 0 Å². The van der Waals surface area contributed by atoms with Crippen molar-refractivity contribution >= 4 is 10.0 Å². The fourth-order valence-electron chi connectivity index (χ4n) is 2.37. The van der Waals surface area contributed by atoms with Crippen molar-refractivity contribution in [2.24, 2.45) is 0 Å². The van der Waals surface area contributed by atoms with Gasteiger partial charge in [0.25, 0.3) is 5.89 Å². The molecule has 0 aliphatic carbocycles. The summed E-state index contributed by atoms with van der Waals surface area (Å²) >= 11 is 0. The smallest absolute Gasteiger partial charge is 0.266 e. The van der Waals surface area contributed by atoms with Crippen LogP contribution in [0.1, 0.15) is 11.5 Å². The highest BCUT2D eigenvalue weighted by molar-refractivity contribution is 7.89. The third kappa shape index (κ3) is 4.06. The average Bonchev–Trinajstić information content (AvgIpc) is 3.11. The van der Waals surface area contributed by atoms with Gasteiger partial charge >= 0.3 is 0 Å². The Morgan fingerprint density at radius 3 is 2.73 bits per heavy atom. The molecule has 0 fully saturated rings. The first-order chi connectivity index (χ1) is 12.5. The van der Waals surface area contributed by atoms with Gasteiger partial charge in [-0.15, -0.1) is 10.2 Å². The van der Waals surface area contributed by atoms with Crippen molar-refractivity contribution in [2.45, 2.75) is 18.2 Å². The van der Waals surface area contributed by atoms with Crippen LogP contribution < -0.4 is 9.46 Å². The lowest BCUT2D eigenvalue weighted by Gasteiger charge is -2.09. The molecule has 1 aromatic carbocycles. The molecule has 0 radical (unpaired) electrons. The highest BCUT2D eigenvalue weighted by Crippen LogP contribution is 2.21. The van der Waals surface area contributed by atoms with E-state index in [9.17, 15) is 8.42 Å². The second kappa shape index (κ2) is 7.63. The minimum atomic E-state index is -3.64. The van der Waals surface area contributed by atoms with Crippen LogP contribution in [0.2, 0.25) is 0 Å². The van der Waals surface area contributed by atoms with Crippen LogP contribution >= 0.6 is 0 Å². The van der Waals surface area contributed by atoms with Gasteiger partial charge in [-0.1, -0.05) is 6.07 Å². The predicted octanol–water partition coefficient (Wildman–Crippen LogP) is 1.97. The van der Waals surface area contributed by atoms with Crippen molar-refractivity contribution in [3.8, 4) is 17.3 Å². The Kier molecular flexibility index (Phi) is 5.29. The Labute approximate surface area is 151 Å². The van der Waals surface area contributed by atoms with Crippen molar-refractivity contribution in [1.82, 2.24) is 19.9 Å². The molecule has 3 rings (SSSR count). The summed E-state index contributed by atoms with van der Waals surface area (Å²) in [6.45, 7) is 1.85. The largest absolute Gasteiger partial charge is 0.497 e. The monoisotopic (exact) mass is 374 g/mol. The van der Waals surface area contributed by atoms with Crippen molar-refractivity contribution < 1.29 is 17.6 Å². The van der Waals surface area contributed by atoms with Crippen LogP contribution in [0.3, 0.4) is 0 Å². The SMILES string of the molecule is COc1ccc(S(=O)(=O)NCCc2nnc(-c3ccccn3)o2)c(C)c1. The summed E-state index contributed by atoms with van der Waals surface area (Å²) < 4.78 is 38.0. The molecule has 1 N–H and O–H groups in total. The molecule has 8 nitrogen and oxygen atoms in total. The normalized spacial score (nSPS) is 11.5. The maximum atomic E-state index is 12.4. The van der Waals surface area contributed by atoms with E-state index in [1.54, 1.807) is 37.4 Å². The van der Waals surface area contributed by atoms with E-state index in [1.807, 2.05) is 6.07 Å². The molecule has 0 spiro atoms. The van der Waals surface area contributed by atoms with Crippen LogP contribution in [-0.2, 0) is 16.4 Å². The quantitative estimate of drug-likeness (QED) is 0.673. The predicted molar refractivity (Wildman–Crippen MR) is 94.2 cm³/mol. The van der Waals surface area contributed by atoms with Gasteiger partial charge in [-0.2, -0.15) is 0 Å². The van der Waals surface area contributed by atoms with E-state index >= 15 is 0 Å². The van der Waals surface area contributed by atoms with Crippen molar-refractivity contribution in [3.63, 3.8) is 0 Å². The Bertz CT molecular complexity index is 987. The first kappa shape index (κ1) is 18.0. The second-order valence-electron chi connectivity index (χ2n) is 5.50. The third-order valence-electron chi connectivity index (χ3n) is 3.65. The third-order valence-corrected chi connectivity index (χ3v) is 5.27. The number of sulfonamides is 1. The molecule has 0 bridgehead atoms. The average molecular weight is 374 g/mol. The maximum Gasteiger partial charge on any atom is 0.266 e. The summed E-state index contributed by atoms with van der Waals surface area (Å²) in [4.78, 5) is 4.33. The summed E-state index contributed by atoms with van der Waals surface area (Å²) in [5.41, 5.74) is 1.17. The minimum Gasteiger partial charge on any atom is -0.497 e. The number of hydrogen-bond donors (Lipinski definition) is 1. The molecule has 0 saturated heterocycles. The van der Waals surface area contributed by atoms with Crippen LogP contribution in [0.5, 0.6) is 5.75 Å². The Morgan fingerprint density at radius 2 is 2.04 bits per heavy atom.